The van der Waals surface area contributed by atoms with Crippen LogP contribution in [0.15, 0.2) is 104 Å². The molecule has 144 valence electrons. The van der Waals surface area contributed by atoms with Gasteiger partial charge in [0.15, 0.2) is 0 Å². The Morgan fingerprint density at radius 3 is 1.86 bits per heavy atom. The predicted octanol–water partition coefficient (Wildman–Crippen LogP) is 6.94. The van der Waals surface area contributed by atoms with Crippen molar-refractivity contribution >= 4 is 33.6 Å². The van der Waals surface area contributed by atoms with E-state index in [1.54, 1.807) is 6.92 Å². The second-order valence-corrected chi connectivity index (χ2v) is 6.77. The fraction of sp³-hybridized carbons (Fsp3) is 0.0741. The zero-order chi connectivity index (χ0) is 20.6. The maximum absolute atomic E-state index is 11.7. The number of carbonyl (C=O) groups is 1. The minimum Gasteiger partial charge on any atom is -0.457 e. The van der Waals surface area contributed by atoms with E-state index in [0.717, 1.165) is 27.1 Å². The van der Waals surface area contributed by atoms with E-state index in [2.05, 4.69) is 43.5 Å². The van der Waals surface area contributed by atoms with Crippen LogP contribution in [0.2, 0.25) is 0 Å². The van der Waals surface area contributed by atoms with Gasteiger partial charge in [-0.1, -0.05) is 98.1 Å². The van der Waals surface area contributed by atoms with E-state index in [1.807, 2.05) is 60.7 Å². The third kappa shape index (κ3) is 4.99. The van der Waals surface area contributed by atoms with Crippen molar-refractivity contribution in [3.63, 3.8) is 0 Å². The fourth-order valence-corrected chi connectivity index (χ4v) is 3.11. The molecule has 29 heavy (non-hydrogen) atoms. The molecule has 0 bridgehead atoms. The average Bonchev–Trinajstić information content (AvgIpc) is 2.77. The summed E-state index contributed by atoms with van der Waals surface area (Å²) in [7, 11) is 0. The lowest BCUT2D eigenvalue weighted by molar-refractivity contribution is -0.140. The van der Waals surface area contributed by atoms with E-state index in [1.165, 1.54) is 5.56 Å². The van der Waals surface area contributed by atoms with Crippen LogP contribution in [0.1, 0.15) is 18.1 Å². The zero-order valence-electron chi connectivity index (χ0n) is 16.6. The Hall–Kier alpha value is -3.65. The Bertz CT molecular complexity index is 1100. The maximum Gasteiger partial charge on any atom is 0.333 e. The average molecular weight is 380 g/mol. The highest BCUT2D eigenvalue weighted by Gasteiger charge is 2.10. The molecule has 4 aromatic rings. The first-order valence-corrected chi connectivity index (χ1v) is 9.49. The van der Waals surface area contributed by atoms with Crippen LogP contribution in [0.25, 0.3) is 27.6 Å². The molecule has 0 aliphatic heterocycles. The van der Waals surface area contributed by atoms with Crippen LogP contribution in [-0.4, -0.2) is 5.97 Å². The summed E-state index contributed by atoms with van der Waals surface area (Å²) in [6, 6.07) is 28.5. The van der Waals surface area contributed by atoms with E-state index in [-0.39, 0.29) is 12.6 Å². The highest BCUT2D eigenvalue weighted by atomic mass is 16.5. The highest BCUT2D eigenvalue weighted by molar-refractivity contribution is 6.02. The van der Waals surface area contributed by atoms with Crippen molar-refractivity contribution in [1.82, 2.24) is 0 Å². The highest BCUT2D eigenvalue weighted by Crippen LogP contribution is 2.29. The molecule has 4 aromatic carbocycles. The van der Waals surface area contributed by atoms with Gasteiger partial charge >= 0.3 is 5.97 Å². The molecule has 0 saturated heterocycles. The minimum absolute atomic E-state index is 0.257. The van der Waals surface area contributed by atoms with Crippen molar-refractivity contribution in [2.24, 2.45) is 0 Å². The van der Waals surface area contributed by atoms with E-state index in [0.29, 0.717) is 5.57 Å². The molecule has 0 aliphatic carbocycles. The monoisotopic (exact) mass is 380 g/mol. The Morgan fingerprint density at radius 1 is 0.862 bits per heavy atom. The first-order chi connectivity index (χ1) is 14.1. The first kappa shape index (κ1) is 20.1. The molecule has 0 N–H and O–H groups in total. The van der Waals surface area contributed by atoms with Crippen molar-refractivity contribution < 1.29 is 9.53 Å². The molecular weight excluding hydrogens is 356 g/mol. The molecule has 2 heteroatoms. The second kappa shape index (κ2) is 9.52. The zero-order valence-corrected chi connectivity index (χ0v) is 16.6. The van der Waals surface area contributed by atoms with Gasteiger partial charge in [-0.05, 0) is 40.1 Å². The first-order valence-electron chi connectivity index (χ1n) is 9.49. The summed E-state index contributed by atoms with van der Waals surface area (Å²) in [5, 5.41) is 4.53. The lowest BCUT2D eigenvalue weighted by atomic mass is 9.97. The third-order valence-corrected chi connectivity index (χ3v) is 4.61. The van der Waals surface area contributed by atoms with Crippen LogP contribution in [0.4, 0.5) is 0 Å². The van der Waals surface area contributed by atoms with Crippen molar-refractivity contribution in [1.29, 1.82) is 0 Å². The lowest BCUT2D eigenvalue weighted by Crippen LogP contribution is -2.05. The number of rotatable bonds is 4. The smallest absolute Gasteiger partial charge is 0.333 e. The summed E-state index contributed by atoms with van der Waals surface area (Å²) in [4.78, 5) is 11.7. The van der Waals surface area contributed by atoms with Crippen molar-refractivity contribution in [2.75, 3.05) is 0 Å². The van der Waals surface area contributed by atoms with Crippen LogP contribution in [0.3, 0.4) is 0 Å². The molecule has 0 fully saturated rings. The number of hydrogen-bond acceptors (Lipinski definition) is 2. The number of hydrogen-bond donors (Lipinski definition) is 0. The lowest BCUT2D eigenvalue weighted by Gasteiger charge is -2.12. The molecule has 0 aliphatic rings. The summed E-state index contributed by atoms with van der Waals surface area (Å²) in [5.41, 5.74) is 2.63. The molecule has 0 amide bonds. The minimum atomic E-state index is -0.355. The van der Waals surface area contributed by atoms with Gasteiger partial charge in [0, 0.05) is 11.1 Å². The molecule has 0 saturated carbocycles. The van der Waals surface area contributed by atoms with E-state index < -0.39 is 0 Å². The van der Waals surface area contributed by atoms with Crippen molar-refractivity contribution in [3.8, 4) is 0 Å². The molecule has 0 spiro atoms. The third-order valence-electron chi connectivity index (χ3n) is 4.61. The van der Waals surface area contributed by atoms with Gasteiger partial charge in [-0.25, -0.2) is 4.79 Å². The van der Waals surface area contributed by atoms with Crippen LogP contribution < -0.4 is 0 Å². The Balaban J connectivity index is 0.000000252. The van der Waals surface area contributed by atoms with E-state index in [9.17, 15) is 4.79 Å². The van der Waals surface area contributed by atoms with Crippen LogP contribution in [-0.2, 0) is 16.1 Å². The number of esters is 1. The van der Waals surface area contributed by atoms with Crippen molar-refractivity contribution in [2.45, 2.75) is 13.5 Å². The van der Waals surface area contributed by atoms with Gasteiger partial charge in [-0.3, -0.25) is 0 Å². The van der Waals surface area contributed by atoms with Gasteiger partial charge < -0.3 is 4.74 Å². The molecule has 0 aromatic heterocycles. The van der Waals surface area contributed by atoms with Crippen molar-refractivity contribution in [3.05, 3.63) is 115 Å². The molecule has 4 rings (SSSR count). The normalized spacial score (nSPS) is 10.1. The van der Waals surface area contributed by atoms with Gasteiger partial charge in [0.05, 0.1) is 0 Å². The van der Waals surface area contributed by atoms with Gasteiger partial charge in [-0.15, -0.1) is 0 Å². The maximum atomic E-state index is 11.7. The summed E-state index contributed by atoms with van der Waals surface area (Å²) in [6.45, 7) is 9.16. The molecule has 0 radical (unpaired) electrons. The topological polar surface area (TPSA) is 26.3 Å². The van der Waals surface area contributed by atoms with Gasteiger partial charge in [0.1, 0.15) is 6.61 Å². The Labute approximate surface area is 171 Å². The Morgan fingerprint density at radius 2 is 1.38 bits per heavy atom. The molecule has 0 atom stereocenters. The van der Waals surface area contributed by atoms with Crippen LogP contribution >= 0.6 is 0 Å². The summed E-state index contributed by atoms with van der Waals surface area (Å²) < 4.78 is 5.37. The number of fused-ring (bicyclic) bond motifs is 2. The summed E-state index contributed by atoms with van der Waals surface area (Å²) >= 11 is 0. The quantitative estimate of drug-likeness (QED) is 0.218. The standard InChI is InChI=1S/C19H16O2.C8H8/c1-13(2)19(20)21-12-18-16-9-5-3-7-14(16)11-15-8-4-6-10-17(15)18;1-2-8-6-4-3-5-7-8/h3-11H,1,12H2,2H3;2-7H,1H2. The molecular formula is C27H24O2. The van der Waals surface area contributed by atoms with Gasteiger partial charge in [0.2, 0.25) is 0 Å². The number of carbonyl (C=O) groups excluding carboxylic acids is 1. The molecule has 0 heterocycles. The van der Waals surface area contributed by atoms with E-state index >= 15 is 0 Å². The fourth-order valence-electron chi connectivity index (χ4n) is 3.11. The predicted molar refractivity (Wildman–Crippen MR) is 123 cm³/mol. The van der Waals surface area contributed by atoms with Gasteiger partial charge in [-0.2, -0.15) is 0 Å². The van der Waals surface area contributed by atoms with Crippen LogP contribution in [0.5, 0.6) is 0 Å². The van der Waals surface area contributed by atoms with Crippen LogP contribution in [0, 0.1) is 0 Å². The van der Waals surface area contributed by atoms with Gasteiger partial charge in [0.25, 0.3) is 0 Å². The summed E-state index contributed by atoms with van der Waals surface area (Å²) in [6.07, 6.45) is 1.83. The molecule has 2 nitrogen and oxygen atoms in total. The summed E-state index contributed by atoms with van der Waals surface area (Å²) in [5.74, 6) is -0.355. The molecule has 0 unspecified atom stereocenters. The largest absolute Gasteiger partial charge is 0.457 e. The van der Waals surface area contributed by atoms with E-state index in [4.69, 9.17) is 4.74 Å². The number of benzene rings is 4. The second-order valence-electron chi connectivity index (χ2n) is 6.77. The Kier molecular flexibility index (Phi) is 6.59. The number of ether oxygens (including phenoxy) is 1. The SMILES string of the molecule is C=C(C)C(=O)OCc1c2ccccc2cc2ccccc12.C=Cc1ccccc1.